The average molecular weight is 273 g/mol. The van der Waals surface area contributed by atoms with Crippen LogP contribution in [0.2, 0.25) is 0 Å². The molecule has 19 heavy (non-hydrogen) atoms. The number of aliphatic hydroxyl groups excluding tert-OH is 1. The third-order valence-electron chi connectivity index (χ3n) is 3.34. The minimum Gasteiger partial charge on any atom is -0.393 e. The fourth-order valence-corrected chi connectivity index (χ4v) is 2.27. The van der Waals surface area contributed by atoms with Gasteiger partial charge in [-0.05, 0) is 37.3 Å². The van der Waals surface area contributed by atoms with Crippen molar-refractivity contribution in [3.8, 4) is 0 Å². The van der Waals surface area contributed by atoms with Gasteiger partial charge >= 0.3 is 0 Å². The predicted octanol–water partition coefficient (Wildman–Crippen LogP) is 1.99. The van der Waals surface area contributed by atoms with Gasteiger partial charge in [0.15, 0.2) is 17.5 Å². The Morgan fingerprint density at radius 1 is 1.26 bits per heavy atom. The van der Waals surface area contributed by atoms with E-state index in [2.05, 4.69) is 5.32 Å². The summed E-state index contributed by atoms with van der Waals surface area (Å²) in [6.45, 7) is 0.286. The largest absolute Gasteiger partial charge is 0.393 e. The highest BCUT2D eigenvalue weighted by Gasteiger charge is 2.24. The molecule has 1 aliphatic carbocycles. The summed E-state index contributed by atoms with van der Waals surface area (Å²) in [5.74, 6) is -5.11. The zero-order valence-corrected chi connectivity index (χ0v) is 10.1. The number of nitrogens with one attached hydrogen (secondary N) is 1. The predicted molar refractivity (Wildman–Crippen MR) is 62.0 cm³/mol. The highest BCUT2D eigenvalue weighted by molar-refractivity contribution is 5.94. The zero-order valence-electron chi connectivity index (χ0n) is 10.1. The van der Waals surface area contributed by atoms with Crippen LogP contribution in [0.3, 0.4) is 0 Å². The van der Waals surface area contributed by atoms with Crippen molar-refractivity contribution in [2.45, 2.75) is 25.4 Å². The van der Waals surface area contributed by atoms with Crippen molar-refractivity contribution in [1.29, 1.82) is 0 Å². The zero-order chi connectivity index (χ0) is 14.0. The molecule has 104 valence electrons. The SMILES string of the molecule is O=C(NCC1CCC(O)C1)c1ccc(F)c(F)c1F. The van der Waals surface area contributed by atoms with Crippen LogP contribution in [0.1, 0.15) is 29.6 Å². The standard InChI is InChI=1S/C13H14F3NO2/c14-10-4-3-9(11(15)12(10)16)13(19)17-6-7-1-2-8(18)5-7/h3-4,7-8,18H,1-2,5-6H2,(H,17,19). The summed E-state index contributed by atoms with van der Waals surface area (Å²) in [5.41, 5.74) is -0.516. The molecule has 2 N–H and O–H groups in total. The molecular formula is C13H14F3NO2. The van der Waals surface area contributed by atoms with E-state index in [9.17, 15) is 23.1 Å². The van der Waals surface area contributed by atoms with Crippen molar-refractivity contribution in [2.75, 3.05) is 6.54 Å². The first kappa shape index (κ1) is 13.9. The minimum absolute atomic E-state index is 0.132. The lowest BCUT2D eigenvalue weighted by atomic mass is 10.1. The van der Waals surface area contributed by atoms with Crippen LogP contribution in [0.5, 0.6) is 0 Å². The summed E-state index contributed by atoms with van der Waals surface area (Å²) in [7, 11) is 0. The molecule has 1 aromatic rings. The minimum atomic E-state index is -1.65. The molecule has 0 aliphatic heterocycles. The fraction of sp³-hybridized carbons (Fsp3) is 0.462. The molecule has 0 saturated heterocycles. The van der Waals surface area contributed by atoms with E-state index in [1.165, 1.54) is 0 Å². The van der Waals surface area contributed by atoms with Gasteiger partial charge in [-0.3, -0.25) is 4.79 Å². The van der Waals surface area contributed by atoms with Gasteiger partial charge in [0, 0.05) is 6.54 Å². The third kappa shape index (κ3) is 3.07. The maximum absolute atomic E-state index is 13.4. The number of carbonyl (C=O) groups excluding carboxylic acids is 1. The summed E-state index contributed by atoms with van der Waals surface area (Å²) in [5, 5.41) is 11.8. The Balaban J connectivity index is 1.98. The molecule has 1 amide bonds. The number of hydrogen-bond donors (Lipinski definition) is 2. The molecule has 6 heteroatoms. The summed E-state index contributed by atoms with van der Waals surface area (Å²) < 4.78 is 39.1. The first-order chi connectivity index (χ1) is 8.99. The molecule has 0 radical (unpaired) electrons. The molecular weight excluding hydrogens is 259 g/mol. The molecule has 0 aromatic heterocycles. The molecule has 2 rings (SSSR count). The summed E-state index contributed by atoms with van der Waals surface area (Å²) in [6, 6.07) is 1.62. The highest BCUT2D eigenvalue weighted by atomic mass is 19.2. The molecule has 0 bridgehead atoms. The van der Waals surface area contributed by atoms with Crippen molar-refractivity contribution in [2.24, 2.45) is 5.92 Å². The quantitative estimate of drug-likeness (QED) is 0.827. The van der Waals surface area contributed by atoms with E-state index >= 15 is 0 Å². The monoisotopic (exact) mass is 273 g/mol. The van der Waals surface area contributed by atoms with Crippen LogP contribution in [0.15, 0.2) is 12.1 Å². The Morgan fingerprint density at radius 2 is 2.00 bits per heavy atom. The second-order valence-corrected chi connectivity index (χ2v) is 4.77. The van der Waals surface area contributed by atoms with E-state index in [1.807, 2.05) is 0 Å². The maximum atomic E-state index is 13.4. The van der Waals surface area contributed by atoms with Gasteiger partial charge in [0.1, 0.15) is 0 Å². The first-order valence-electron chi connectivity index (χ1n) is 6.08. The lowest BCUT2D eigenvalue weighted by Crippen LogP contribution is -2.29. The van der Waals surface area contributed by atoms with E-state index in [0.29, 0.717) is 18.9 Å². The summed E-state index contributed by atoms with van der Waals surface area (Å²) in [6.07, 6.45) is 1.68. The topological polar surface area (TPSA) is 49.3 Å². The number of rotatable bonds is 3. The van der Waals surface area contributed by atoms with Gasteiger partial charge in [0.25, 0.3) is 5.91 Å². The fourth-order valence-electron chi connectivity index (χ4n) is 2.27. The van der Waals surface area contributed by atoms with Gasteiger partial charge < -0.3 is 10.4 Å². The van der Waals surface area contributed by atoms with Gasteiger partial charge in [-0.25, -0.2) is 13.2 Å². The Morgan fingerprint density at radius 3 is 2.63 bits per heavy atom. The average Bonchev–Trinajstić information content (AvgIpc) is 2.79. The second kappa shape index (κ2) is 5.61. The Bertz CT molecular complexity index is 493. The number of amides is 1. The molecule has 1 aliphatic rings. The molecule has 1 fully saturated rings. The van der Waals surface area contributed by atoms with Gasteiger partial charge in [-0.2, -0.15) is 0 Å². The Labute approximate surface area is 108 Å². The first-order valence-corrected chi connectivity index (χ1v) is 6.08. The van der Waals surface area contributed by atoms with Crippen LogP contribution >= 0.6 is 0 Å². The van der Waals surface area contributed by atoms with Gasteiger partial charge in [-0.1, -0.05) is 0 Å². The van der Waals surface area contributed by atoms with E-state index in [1.54, 1.807) is 0 Å². The van der Waals surface area contributed by atoms with E-state index in [-0.39, 0.29) is 18.6 Å². The number of carbonyl (C=O) groups is 1. The van der Waals surface area contributed by atoms with Crippen LogP contribution in [0, 0.1) is 23.4 Å². The summed E-state index contributed by atoms with van der Waals surface area (Å²) >= 11 is 0. The maximum Gasteiger partial charge on any atom is 0.254 e. The molecule has 2 atom stereocenters. The van der Waals surface area contributed by atoms with E-state index in [0.717, 1.165) is 12.5 Å². The molecule has 1 saturated carbocycles. The van der Waals surface area contributed by atoms with Crippen molar-refractivity contribution in [3.05, 3.63) is 35.1 Å². The number of hydrogen-bond acceptors (Lipinski definition) is 2. The number of aliphatic hydroxyl groups is 1. The molecule has 3 nitrogen and oxygen atoms in total. The van der Waals surface area contributed by atoms with Crippen LogP contribution < -0.4 is 5.32 Å². The summed E-state index contributed by atoms with van der Waals surface area (Å²) in [4.78, 5) is 11.7. The molecule has 0 spiro atoms. The lowest BCUT2D eigenvalue weighted by molar-refractivity contribution is 0.0939. The van der Waals surface area contributed by atoms with Crippen molar-refractivity contribution >= 4 is 5.91 Å². The number of benzene rings is 1. The van der Waals surface area contributed by atoms with Gasteiger partial charge in [-0.15, -0.1) is 0 Å². The van der Waals surface area contributed by atoms with E-state index in [4.69, 9.17) is 0 Å². The third-order valence-corrected chi connectivity index (χ3v) is 3.34. The Kier molecular flexibility index (Phi) is 4.09. The lowest BCUT2D eigenvalue weighted by Gasteiger charge is -2.11. The molecule has 0 heterocycles. The Hall–Kier alpha value is -1.56. The van der Waals surface area contributed by atoms with Crippen molar-refractivity contribution in [3.63, 3.8) is 0 Å². The van der Waals surface area contributed by atoms with Gasteiger partial charge in [0.2, 0.25) is 0 Å². The van der Waals surface area contributed by atoms with Crippen LogP contribution in [-0.4, -0.2) is 23.7 Å². The molecule has 2 unspecified atom stereocenters. The second-order valence-electron chi connectivity index (χ2n) is 4.77. The van der Waals surface area contributed by atoms with Crippen molar-refractivity contribution in [1.82, 2.24) is 5.32 Å². The normalized spacial score (nSPS) is 22.5. The van der Waals surface area contributed by atoms with Gasteiger partial charge in [0.05, 0.1) is 11.7 Å². The molecule has 1 aromatic carbocycles. The highest BCUT2D eigenvalue weighted by Crippen LogP contribution is 2.24. The van der Waals surface area contributed by atoms with E-state index < -0.39 is 28.9 Å². The van der Waals surface area contributed by atoms with Crippen LogP contribution in [0.25, 0.3) is 0 Å². The van der Waals surface area contributed by atoms with Crippen LogP contribution in [0.4, 0.5) is 13.2 Å². The smallest absolute Gasteiger partial charge is 0.254 e. The van der Waals surface area contributed by atoms with Crippen LogP contribution in [-0.2, 0) is 0 Å². The van der Waals surface area contributed by atoms with Crippen molar-refractivity contribution < 1.29 is 23.1 Å². The number of halogens is 3.